The van der Waals surface area contributed by atoms with E-state index >= 15 is 0 Å². The van der Waals surface area contributed by atoms with Crippen LogP contribution in [0.4, 0.5) is 0 Å². The lowest BCUT2D eigenvalue weighted by molar-refractivity contribution is -0.122. The second-order valence-electron chi connectivity index (χ2n) is 13.9. The van der Waals surface area contributed by atoms with E-state index in [1.54, 1.807) is 6.08 Å². The van der Waals surface area contributed by atoms with Crippen LogP contribution in [0.2, 0.25) is 0 Å². The largest absolute Gasteiger partial charge is 0.387 e. The van der Waals surface area contributed by atoms with Gasteiger partial charge >= 0.3 is 0 Å². The molecule has 3 N–H and O–H groups in total. The number of carbonyl (C=O) groups is 1. The summed E-state index contributed by atoms with van der Waals surface area (Å²) in [6.07, 6.45) is 43.0. The van der Waals surface area contributed by atoms with E-state index in [9.17, 15) is 22.9 Å². The van der Waals surface area contributed by atoms with Crippen LogP contribution in [-0.4, -0.2) is 41.9 Å². The van der Waals surface area contributed by atoms with Crippen molar-refractivity contribution in [3.05, 3.63) is 24.3 Å². The summed E-state index contributed by atoms with van der Waals surface area (Å²) in [5.41, 5.74) is 0. The van der Waals surface area contributed by atoms with Gasteiger partial charge in [-0.25, -0.2) is 0 Å². The lowest BCUT2D eigenvalue weighted by atomic mass is 10.0. The second-order valence-corrected chi connectivity index (χ2v) is 15.4. The van der Waals surface area contributed by atoms with Crippen LogP contribution in [0, 0.1) is 0 Å². The molecule has 0 aliphatic carbocycles. The van der Waals surface area contributed by atoms with E-state index in [2.05, 4.69) is 31.3 Å². The van der Waals surface area contributed by atoms with Crippen LogP contribution in [0.5, 0.6) is 0 Å². The topological polar surface area (TPSA) is 104 Å². The zero-order valence-electron chi connectivity index (χ0n) is 30.9. The summed E-state index contributed by atoms with van der Waals surface area (Å²) < 4.78 is 32.4. The monoisotopic (exact) mass is 684 g/mol. The van der Waals surface area contributed by atoms with Crippen molar-refractivity contribution in [2.24, 2.45) is 0 Å². The molecule has 0 aliphatic rings. The van der Waals surface area contributed by atoms with Crippen molar-refractivity contribution in [2.75, 3.05) is 5.75 Å². The van der Waals surface area contributed by atoms with Gasteiger partial charge in [-0.2, -0.15) is 8.42 Å². The molecular formula is C40H77NO5S. The fourth-order valence-electron chi connectivity index (χ4n) is 6.09. The first kappa shape index (κ1) is 45.8. The Morgan fingerprint density at radius 1 is 0.553 bits per heavy atom. The molecule has 0 heterocycles. The zero-order chi connectivity index (χ0) is 34.7. The normalized spacial score (nSPS) is 13.5. The molecule has 7 heteroatoms. The Morgan fingerprint density at radius 2 is 0.894 bits per heavy atom. The maximum atomic E-state index is 12.5. The quantitative estimate of drug-likeness (QED) is 0.0346. The van der Waals surface area contributed by atoms with Crippen LogP contribution in [0.15, 0.2) is 24.3 Å². The molecule has 0 aromatic carbocycles. The molecule has 6 nitrogen and oxygen atoms in total. The Kier molecular flexibility index (Phi) is 33.8. The molecule has 0 saturated heterocycles. The molecule has 0 aromatic rings. The minimum absolute atomic E-state index is 0.286. The maximum Gasteiger partial charge on any atom is 0.267 e. The van der Waals surface area contributed by atoms with Gasteiger partial charge in [0.15, 0.2) is 0 Å². The van der Waals surface area contributed by atoms with E-state index in [1.807, 2.05) is 6.08 Å². The molecular weight excluding hydrogens is 607 g/mol. The predicted molar refractivity (Wildman–Crippen MR) is 202 cm³/mol. The van der Waals surface area contributed by atoms with Gasteiger partial charge < -0.3 is 10.4 Å². The third-order valence-electron chi connectivity index (χ3n) is 9.12. The highest BCUT2D eigenvalue weighted by Gasteiger charge is 2.24. The third kappa shape index (κ3) is 35.9. The van der Waals surface area contributed by atoms with Crippen molar-refractivity contribution in [1.82, 2.24) is 5.32 Å². The summed E-state index contributed by atoms with van der Waals surface area (Å²) in [6.45, 7) is 4.52. The van der Waals surface area contributed by atoms with Gasteiger partial charge in [0.1, 0.15) is 0 Å². The summed E-state index contributed by atoms with van der Waals surface area (Å²) in [5, 5.41) is 13.2. The lowest BCUT2D eigenvalue weighted by Crippen LogP contribution is -2.46. The Morgan fingerprint density at radius 3 is 1.28 bits per heavy atom. The highest BCUT2D eigenvalue weighted by molar-refractivity contribution is 7.85. The molecule has 0 aliphatic heterocycles. The second kappa shape index (κ2) is 34.7. The number of allylic oxidation sites excluding steroid dienone is 3. The van der Waals surface area contributed by atoms with Crippen molar-refractivity contribution in [1.29, 1.82) is 0 Å². The highest BCUT2D eigenvalue weighted by Crippen LogP contribution is 2.14. The molecule has 2 unspecified atom stereocenters. The summed E-state index contributed by atoms with van der Waals surface area (Å²) in [5.74, 6) is -0.985. The molecule has 0 spiro atoms. The van der Waals surface area contributed by atoms with E-state index in [1.165, 1.54) is 128 Å². The Balaban J connectivity index is 3.95. The van der Waals surface area contributed by atoms with Gasteiger partial charge in [0.05, 0.1) is 17.9 Å². The maximum absolute atomic E-state index is 12.5. The van der Waals surface area contributed by atoms with Gasteiger partial charge in [0.2, 0.25) is 5.91 Å². The Hall–Kier alpha value is -1.18. The first-order valence-corrected chi connectivity index (χ1v) is 21.6. The fourth-order valence-corrected chi connectivity index (χ4v) is 6.83. The molecule has 0 bridgehead atoms. The van der Waals surface area contributed by atoms with Crippen LogP contribution >= 0.6 is 0 Å². The number of carbonyl (C=O) groups excluding carboxylic acids is 1. The highest BCUT2D eigenvalue weighted by atomic mass is 32.2. The van der Waals surface area contributed by atoms with Gasteiger partial charge in [0, 0.05) is 6.42 Å². The number of aliphatic hydroxyl groups excluding tert-OH is 1. The van der Waals surface area contributed by atoms with Crippen molar-refractivity contribution >= 4 is 16.0 Å². The first-order chi connectivity index (χ1) is 22.8. The smallest absolute Gasteiger partial charge is 0.267 e. The average molecular weight is 684 g/mol. The van der Waals surface area contributed by atoms with Crippen LogP contribution < -0.4 is 5.32 Å². The average Bonchev–Trinajstić information content (AvgIpc) is 3.03. The standard InChI is InChI=1S/C40H77NO5S/c1-3-5-7-9-11-13-15-17-19-21-23-25-27-29-31-33-35-39(42)38(37-47(44,45)46)41-40(43)36-34-32-30-28-26-24-22-20-18-16-14-12-10-8-6-4-2/h20,22,33,35,38-39,42H,3-19,21,23-32,34,36-37H2,1-2H3,(H,41,43)(H,44,45,46)/b22-20-,35-33+. The molecule has 0 fully saturated rings. The summed E-state index contributed by atoms with van der Waals surface area (Å²) in [7, 11) is -4.34. The summed E-state index contributed by atoms with van der Waals surface area (Å²) >= 11 is 0. The third-order valence-corrected chi connectivity index (χ3v) is 9.90. The van der Waals surface area contributed by atoms with Gasteiger partial charge in [-0.05, 0) is 44.9 Å². The Bertz CT molecular complexity index is 842. The van der Waals surface area contributed by atoms with Crippen LogP contribution in [0.25, 0.3) is 0 Å². The van der Waals surface area contributed by atoms with Crippen molar-refractivity contribution in [2.45, 2.75) is 219 Å². The minimum Gasteiger partial charge on any atom is -0.387 e. The lowest BCUT2D eigenvalue weighted by Gasteiger charge is -2.21. The fraction of sp³-hybridized carbons (Fsp3) is 0.875. The van der Waals surface area contributed by atoms with E-state index in [4.69, 9.17) is 0 Å². The van der Waals surface area contributed by atoms with Crippen LogP contribution in [0.1, 0.15) is 206 Å². The van der Waals surface area contributed by atoms with Gasteiger partial charge in [0.25, 0.3) is 10.1 Å². The Labute approximate surface area is 292 Å². The number of hydrogen-bond donors (Lipinski definition) is 3. The molecule has 0 rings (SSSR count). The van der Waals surface area contributed by atoms with Gasteiger partial charge in [-0.3, -0.25) is 9.35 Å². The molecule has 278 valence electrons. The van der Waals surface area contributed by atoms with Crippen molar-refractivity contribution in [3.8, 4) is 0 Å². The van der Waals surface area contributed by atoms with Crippen molar-refractivity contribution in [3.63, 3.8) is 0 Å². The van der Waals surface area contributed by atoms with Gasteiger partial charge in [-0.1, -0.05) is 179 Å². The summed E-state index contributed by atoms with van der Waals surface area (Å²) in [6, 6.07) is -1.06. The molecule has 0 saturated carbocycles. The molecule has 47 heavy (non-hydrogen) atoms. The number of aliphatic hydroxyl groups is 1. The zero-order valence-corrected chi connectivity index (χ0v) is 31.7. The molecule has 0 aromatic heterocycles. The van der Waals surface area contributed by atoms with Crippen LogP contribution in [-0.2, 0) is 14.9 Å². The van der Waals surface area contributed by atoms with Crippen LogP contribution in [0.3, 0.4) is 0 Å². The molecule has 0 radical (unpaired) electrons. The van der Waals surface area contributed by atoms with E-state index < -0.39 is 28.0 Å². The first-order valence-electron chi connectivity index (χ1n) is 20.0. The van der Waals surface area contributed by atoms with Gasteiger partial charge in [-0.15, -0.1) is 0 Å². The molecule has 1 amide bonds. The molecule has 2 atom stereocenters. The number of amides is 1. The van der Waals surface area contributed by atoms with Crippen molar-refractivity contribution < 1.29 is 22.9 Å². The minimum atomic E-state index is -4.34. The number of nitrogens with one attached hydrogen (secondary N) is 1. The number of unbranched alkanes of at least 4 members (excludes halogenated alkanes) is 26. The van der Waals surface area contributed by atoms with E-state index in [-0.39, 0.29) is 12.3 Å². The number of rotatable bonds is 36. The predicted octanol–water partition coefficient (Wildman–Crippen LogP) is 11.6. The van der Waals surface area contributed by atoms with E-state index in [0.717, 1.165) is 57.8 Å². The summed E-state index contributed by atoms with van der Waals surface area (Å²) in [4.78, 5) is 12.5. The SMILES string of the molecule is CCCCCCCCC/C=C\CCCCCCCC(=O)NC(CS(=O)(=O)O)C(O)/C=C/CCCCCCCCCCCCCCCC. The van der Waals surface area contributed by atoms with E-state index in [0.29, 0.717) is 0 Å². The number of hydrogen-bond acceptors (Lipinski definition) is 4.